The monoisotopic (exact) mass is 353 g/mol. The van der Waals surface area contributed by atoms with E-state index in [1.807, 2.05) is 30.3 Å². The normalized spacial score (nSPS) is 16.7. The van der Waals surface area contributed by atoms with Crippen LogP contribution in [0.2, 0.25) is 0 Å². The van der Waals surface area contributed by atoms with Crippen LogP contribution in [0.25, 0.3) is 0 Å². The Kier molecular flexibility index (Phi) is 5.46. The highest BCUT2D eigenvalue weighted by Gasteiger charge is 2.26. The maximum atomic E-state index is 12.7. The standard InChI is InChI=1S/C19H19N3O2S/c1-14(23)21-16-8-5-11-22(13-16)19(24)17-12-20-18(25-17)10-9-15-6-3-2-4-7-15/h2-4,6-7,12,16H,5,8,11,13H2,1H3,(H,21,23). The van der Waals surface area contributed by atoms with Gasteiger partial charge < -0.3 is 10.2 Å². The first-order valence-electron chi connectivity index (χ1n) is 8.21. The molecule has 2 amide bonds. The second kappa shape index (κ2) is 7.95. The van der Waals surface area contributed by atoms with E-state index in [1.54, 1.807) is 11.1 Å². The minimum Gasteiger partial charge on any atom is -0.352 e. The first kappa shape index (κ1) is 17.2. The summed E-state index contributed by atoms with van der Waals surface area (Å²) >= 11 is 1.31. The van der Waals surface area contributed by atoms with Crippen molar-refractivity contribution in [3.05, 3.63) is 52.0 Å². The van der Waals surface area contributed by atoms with Crippen molar-refractivity contribution in [3.8, 4) is 11.8 Å². The highest BCUT2D eigenvalue weighted by Crippen LogP contribution is 2.18. The number of nitrogens with one attached hydrogen (secondary N) is 1. The summed E-state index contributed by atoms with van der Waals surface area (Å²) in [5.74, 6) is 5.95. The second-order valence-corrected chi connectivity index (χ2v) is 6.97. The number of piperidine rings is 1. The second-order valence-electron chi connectivity index (χ2n) is 5.94. The molecule has 25 heavy (non-hydrogen) atoms. The zero-order valence-corrected chi connectivity index (χ0v) is 14.8. The van der Waals surface area contributed by atoms with E-state index >= 15 is 0 Å². The van der Waals surface area contributed by atoms with Gasteiger partial charge in [-0.3, -0.25) is 9.59 Å². The fraction of sp³-hybridized carbons (Fsp3) is 0.316. The quantitative estimate of drug-likeness (QED) is 0.843. The van der Waals surface area contributed by atoms with Crippen LogP contribution in [-0.4, -0.2) is 40.8 Å². The van der Waals surface area contributed by atoms with Crippen LogP contribution in [0.4, 0.5) is 0 Å². The molecule has 0 bridgehead atoms. The first-order valence-corrected chi connectivity index (χ1v) is 9.03. The molecule has 1 aliphatic heterocycles. The Hall–Kier alpha value is -2.65. The third kappa shape index (κ3) is 4.68. The van der Waals surface area contributed by atoms with Crippen LogP contribution in [0, 0.1) is 11.8 Å². The molecule has 128 valence electrons. The van der Waals surface area contributed by atoms with Crippen molar-refractivity contribution >= 4 is 23.2 Å². The van der Waals surface area contributed by atoms with Crippen LogP contribution >= 0.6 is 11.3 Å². The molecule has 0 spiro atoms. The lowest BCUT2D eigenvalue weighted by molar-refractivity contribution is -0.120. The topological polar surface area (TPSA) is 62.3 Å². The summed E-state index contributed by atoms with van der Waals surface area (Å²) < 4.78 is 0. The van der Waals surface area contributed by atoms with Gasteiger partial charge >= 0.3 is 0 Å². The van der Waals surface area contributed by atoms with Crippen LogP contribution < -0.4 is 5.32 Å². The molecule has 2 heterocycles. The summed E-state index contributed by atoms with van der Waals surface area (Å²) in [6, 6.07) is 9.70. The van der Waals surface area contributed by atoms with Gasteiger partial charge in [0.05, 0.1) is 6.20 Å². The zero-order valence-electron chi connectivity index (χ0n) is 14.0. The van der Waals surface area contributed by atoms with Gasteiger partial charge in [0.15, 0.2) is 5.01 Å². The molecule has 1 unspecified atom stereocenters. The lowest BCUT2D eigenvalue weighted by atomic mass is 10.1. The van der Waals surface area contributed by atoms with E-state index in [-0.39, 0.29) is 17.9 Å². The number of carbonyl (C=O) groups is 2. The molecular weight excluding hydrogens is 334 g/mol. The average Bonchev–Trinajstić information content (AvgIpc) is 3.09. The number of benzene rings is 1. The number of nitrogens with zero attached hydrogens (tertiary/aromatic N) is 2. The van der Waals surface area contributed by atoms with Crippen LogP contribution in [0.3, 0.4) is 0 Å². The smallest absolute Gasteiger partial charge is 0.265 e. The molecule has 1 N–H and O–H groups in total. The summed E-state index contributed by atoms with van der Waals surface area (Å²) in [4.78, 5) is 30.5. The predicted molar refractivity (Wildman–Crippen MR) is 97.3 cm³/mol. The Labute approximate surface area is 151 Å². The van der Waals surface area contributed by atoms with Gasteiger partial charge in [-0.1, -0.05) is 24.1 Å². The molecule has 0 aliphatic carbocycles. The minimum absolute atomic E-state index is 0.0282. The third-order valence-corrected chi connectivity index (χ3v) is 4.82. The Bertz CT molecular complexity index is 820. The van der Waals surface area contributed by atoms with Crippen molar-refractivity contribution in [2.75, 3.05) is 13.1 Å². The first-order chi connectivity index (χ1) is 12.1. The van der Waals surface area contributed by atoms with Crippen LogP contribution in [0.15, 0.2) is 36.5 Å². The molecule has 1 aliphatic rings. The molecule has 2 aromatic rings. The number of aromatic nitrogens is 1. The van der Waals surface area contributed by atoms with Crippen molar-refractivity contribution in [2.24, 2.45) is 0 Å². The van der Waals surface area contributed by atoms with Gasteiger partial charge in [-0.25, -0.2) is 4.98 Å². The number of hydrogen-bond acceptors (Lipinski definition) is 4. The van der Waals surface area contributed by atoms with Gasteiger partial charge in [-0.15, -0.1) is 11.3 Å². The average molecular weight is 353 g/mol. The van der Waals surface area contributed by atoms with Gasteiger partial charge in [-0.2, -0.15) is 0 Å². The van der Waals surface area contributed by atoms with E-state index in [0.29, 0.717) is 23.0 Å². The number of thiazole rings is 1. The zero-order chi connectivity index (χ0) is 17.6. The molecule has 5 nitrogen and oxygen atoms in total. The van der Waals surface area contributed by atoms with Crippen molar-refractivity contribution in [3.63, 3.8) is 0 Å². The SMILES string of the molecule is CC(=O)NC1CCCN(C(=O)c2cnc(C#Cc3ccccc3)s2)C1. The van der Waals surface area contributed by atoms with Crippen LogP contribution in [-0.2, 0) is 4.79 Å². The maximum Gasteiger partial charge on any atom is 0.265 e. The molecule has 3 rings (SSSR count). The van der Waals surface area contributed by atoms with Gasteiger partial charge in [0.25, 0.3) is 5.91 Å². The van der Waals surface area contributed by atoms with Crippen molar-refractivity contribution < 1.29 is 9.59 Å². The summed E-state index contributed by atoms with van der Waals surface area (Å²) in [6.07, 6.45) is 3.38. The van der Waals surface area contributed by atoms with E-state index in [2.05, 4.69) is 22.1 Å². The van der Waals surface area contributed by atoms with Crippen molar-refractivity contribution in [1.82, 2.24) is 15.2 Å². The largest absolute Gasteiger partial charge is 0.352 e. The van der Waals surface area contributed by atoms with E-state index < -0.39 is 0 Å². The summed E-state index contributed by atoms with van der Waals surface area (Å²) in [5, 5.41) is 3.52. The minimum atomic E-state index is -0.0597. The molecule has 1 aromatic carbocycles. The summed E-state index contributed by atoms with van der Waals surface area (Å²) in [6.45, 7) is 2.75. The number of amides is 2. The Morgan fingerprint density at radius 2 is 2.08 bits per heavy atom. The van der Waals surface area contributed by atoms with E-state index in [4.69, 9.17) is 0 Å². The molecule has 0 saturated carbocycles. The van der Waals surface area contributed by atoms with Crippen LogP contribution in [0.5, 0.6) is 0 Å². The molecule has 6 heteroatoms. The fourth-order valence-electron chi connectivity index (χ4n) is 2.80. The molecule has 0 radical (unpaired) electrons. The fourth-order valence-corrected chi connectivity index (χ4v) is 3.54. The maximum absolute atomic E-state index is 12.7. The lowest BCUT2D eigenvalue weighted by Crippen LogP contribution is -2.49. The van der Waals surface area contributed by atoms with E-state index in [0.717, 1.165) is 18.4 Å². The van der Waals surface area contributed by atoms with Gasteiger partial charge in [0.2, 0.25) is 5.91 Å². The van der Waals surface area contributed by atoms with E-state index in [9.17, 15) is 9.59 Å². The highest BCUT2D eigenvalue weighted by atomic mass is 32.1. The Morgan fingerprint density at radius 3 is 2.84 bits per heavy atom. The van der Waals surface area contributed by atoms with Gasteiger partial charge in [0.1, 0.15) is 4.88 Å². The van der Waals surface area contributed by atoms with Gasteiger partial charge in [0, 0.05) is 31.6 Å². The number of hydrogen-bond donors (Lipinski definition) is 1. The van der Waals surface area contributed by atoms with Crippen molar-refractivity contribution in [2.45, 2.75) is 25.8 Å². The predicted octanol–water partition coefficient (Wildman–Crippen LogP) is 2.28. The summed E-state index contributed by atoms with van der Waals surface area (Å²) in [7, 11) is 0. The molecule has 1 saturated heterocycles. The third-order valence-electron chi connectivity index (χ3n) is 3.92. The van der Waals surface area contributed by atoms with Gasteiger partial charge in [-0.05, 0) is 30.9 Å². The van der Waals surface area contributed by atoms with Crippen molar-refractivity contribution in [1.29, 1.82) is 0 Å². The molecular formula is C19H19N3O2S. The summed E-state index contributed by atoms with van der Waals surface area (Å²) in [5.41, 5.74) is 0.916. The highest BCUT2D eigenvalue weighted by molar-refractivity contribution is 7.14. The Balaban J connectivity index is 1.66. The molecule has 1 fully saturated rings. The number of likely N-dealkylation sites (tertiary alicyclic amines) is 1. The Morgan fingerprint density at radius 1 is 1.28 bits per heavy atom. The molecule has 1 aromatic heterocycles. The van der Waals surface area contributed by atoms with E-state index in [1.165, 1.54) is 18.3 Å². The number of rotatable bonds is 2. The number of carbonyl (C=O) groups excluding carboxylic acids is 2. The van der Waals surface area contributed by atoms with Crippen LogP contribution in [0.1, 0.15) is 40.0 Å². The lowest BCUT2D eigenvalue weighted by Gasteiger charge is -2.32. The molecule has 1 atom stereocenters.